The highest BCUT2D eigenvalue weighted by atomic mass is 16.5. The van der Waals surface area contributed by atoms with Crippen molar-refractivity contribution in [3.8, 4) is 0 Å². The summed E-state index contributed by atoms with van der Waals surface area (Å²) in [6.45, 7) is 2.10. The van der Waals surface area contributed by atoms with Crippen LogP contribution in [0.5, 0.6) is 0 Å². The zero-order chi connectivity index (χ0) is 13.8. The minimum absolute atomic E-state index is 0.0280. The summed E-state index contributed by atoms with van der Waals surface area (Å²) in [6.07, 6.45) is 4.23. The van der Waals surface area contributed by atoms with Crippen LogP contribution in [0.15, 0.2) is 30.3 Å². The number of hydrogen-bond donors (Lipinski definition) is 1. The number of unbranched alkanes of at least 4 members (excludes halogenated alkanes) is 3. The molecule has 19 heavy (non-hydrogen) atoms. The van der Waals surface area contributed by atoms with Gasteiger partial charge in [-0.2, -0.15) is 0 Å². The standard InChI is InChI=1S/C15H23NO3/c16-15(17)13-19-11-7-2-1-6-10-18-12-14-8-4-3-5-9-14/h3-5,8-9H,1-2,6-7,10-13H2,(H2,16,17). The van der Waals surface area contributed by atoms with Crippen LogP contribution in [0.3, 0.4) is 0 Å². The Labute approximate surface area is 114 Å². The number of primary amides is 1. The molecule has 1 rings (SSSR count). The van der Waals surface area contributed by atoms with E-state index in [1.54, 1.807) is 0 Å². The molecule has 2 N–H and O–H groups in total. The number of amides is 1. The minimum Gasteiger partial charge on any atom is -0.377 e. The smallest absolute Gasteiger partial charge is 0.243 e. The number of carbonyl (C=O) groups is 1. The van der Waals surface area contributed by atoms with Gasteiger partial charge in [-0.05, 0) is 18.4 Å². The average Bonchev–Trinajstić information content (AvgIpc) is 2.42. The number of benzene rings is 1. The predicted molar refractivity (Wildman–Crippen MR) is 74.6 cm³/mol. The van der Waals surface area contributed by atoms with E-state index in [4.69, 9.17) is 15.2 Å². The van der Waals surface area contributed by atoms with Gasteiger partial charge in [-0.15, -0.1) is 0 Å². The summed E-state index contributed by atoms with van der Waals surface area (Å²) in [5.41, 5.74) is 6.17. The molecule has 0 unspecified atom stereocenters. The summed E-state index contributed by atoms with van der Waals surface area (Å²) in [4.78, 5) is 10.4. The summed E-state index contributed by atoms with van der Waals surface area (Å²) in [6, 6.07) is 10.2. The van der Waals surface area contributed by atoms with E-state index >= 15 is 0 Å². The number of nitrogens with two attached hydrogens (primary N) is 1. The third-order valence-electron chi connectivity index (χ3n) is 2.68. The van der Waals surface area contributed by atoms with E-state index in [2.05, 4.69) is 12.1 Å². The normalized spacial score (nSPS) is 10.5. The highest BCUT2D eigenvalue weighted by Gasteiger charge is 1.95. The third-order valence-corrected chi connectivity index (χ3v) is 2.68. The molecule has 0 saturated carbocycles. The van der Waals surface area contributed by atoms with Crippen LogP contribution in [0.4, 0.5) is 0 Å². The first-order chi connectivity index (χ1) is 9.29. The van der Waals surface area contributed by atoms with Crippen LogP contribution in [0, 0.1) is 0 Å². The summed E-state index contributed by atoms with van der Waals surface area (Å²) in [5.74, 6) is -0.408. The molecule has 0 aliphatic heterocycles. The first-order valence-electron chi connectivity index (χ1n) is 6.77. The molecule has 0 fully saturated rings. The molecule has 4 nitrogen and oxygen atoms in total. The van der Waals surface area contributed by atoms with Crippen molar-refractivity contribution >= 4 is 5.91 Å². The van der Waals surface area contributed by atoms with Crippen molar-refractivity contribution in [2.45, 2.75) is 32.3 Å². The lowest BCUT2D eigenvalue weighted by atomic mass is 10.2. The Hall–Kier alpha value is -1.39. The Balaban J connectivity index is 1.83. The topological polar surface area (TPSA) is 61.6 Å². The Morgan fingerprint density at radius 1 is 0.947 bits per heavy atom. The van der Waals surface area contributed by atoms with Crippen molar-refractivity contribution in [1.29, 1.82) is 0 Å². The molecular weight excluding hydrogens is 242 g/mol. The maximum atomic E-state index is 10.4. The molecule has 0 radical (unpaired) electrons. The number of ether oxygens (including phenoxy) is 2. The van der Waals surface area contributed by atoms with Gasteiger partial charge >= 0.3 is 0 Å². The molecule has 1 aromatic carbocycles. The van der Waals surface area contributed by atoms with Gasteiger partial charge in [0.1, 0.15) is 6.61 Å². The van der Waals surface area contributed by atoms with Gasteiger partial charge in [0, 0.05) is 13.2 Å². The highest BCUT2D eigenvalue weighted by Crippen LogP contribution is 2.04. The second kappa shape index (κ2) is 10.5. The Kier molecular flexibility index (Phi) is 8.68. The van der Waals surface area contributed by atoms with Crippen molar-refractivity contribution in [3.63, 3.8) is 0 Å². The van der Waals surface area contributed by atoms with Gasteiger partial charge in [0.05, 0.1) is 6.61 Å². The molecule has 4 heteroatoms. The van der Waals surface area contributed by atoms with Crippen LogP contribution in [0.1, 0.15) is 31.2 Å². The molecular formula is C15H23NO3. The third kappa shape index (κ3) is 9.22. The van der Waals surface area contributed by atoms with Gasteiger partial charge in [-0.3, -0.25) is 4.79 Å². The van der Waals surface area contributed by atoms with E-state index in [0.717, 1.165) is 32.3 Å². The zero-order valence-corrected chi connectivity index (χ0v) is 11.3. The summed E-state index contributed by atoms with van der Waals surface area (Å²) < 4.78 is 10.7. The van der Waals surface area contributed by atoms with Gasteiger partial charge in [-0.1, -0.05) is 43.2 Å². The van der Waals surface area contributed by atoms with E-state index in [-0.39, 0.29) is 6.61 Å². The second-order valence-electron chi connectivity index (χ2n) is 4.47. The minimum atomic E-state index is -0.408. The maximum absolute atomic E-state index is 10.4. The Morgan fingerprint density at radius 2 is 1.58 bits per heavy atom. The van der Waals surface area contributed by atoms with Gasteiger partial charge in [-0.25, -0.2) is 0 Å². The van der Waals surface area contributed by atoms with Crippen molar-refractivity contribution in [2.24, 2.45) is 5.73 Å². The van der Waals surface area contributed by atoms with E-state index < -0.39 is 5.91 Å². The molecule has 0 spiro atoms. The Bertz CT molecular complexity index is 341. The molecule has 0 aliphatic carbocycles. The Morgan fingerprint density at radius 3 is 2.21 bits per heavy atom. The fourth-order valence-corrected chi connectivity index (χ4v) is 1.70. The van der Waals surface area contributed by atoms with Crippen LogP contribution >= 0.6 is 0 Å². The van der Waals surface area contributed by atoms with E-state index in [9.17, 15) is 4.79 Å². The van der Waals surface area contributed by atoms with Crippen molar-refractivity contribution in [1.82, 2.24) is 0 Å². The molecule has 0 bridgehead atoms. The molecule has 0 atom stereocenters. The molecule has 0 heterocycles. The van der Waals surface area contributed by atoms with Crippen LogP contribution in [-0.2, 0) is 20.9 Å². The number of carbonyl (C=O) groups excluding carboxylic acids is 1. The van der Waals surface area contributed by atoms with Gasteiger partial charge in [0.15, 0.2) is 0 Å². The maximum Gasteiger partial charge on any atom is 0.243 e. The molecule has 106 valence electrons. The monoisotopic (exact) mass is 265 g/mol. The highest BCUT2D eigenvalue weighted by molar-refractivity contribution is 5.74. The summed E-state index contributed by atoms with van der Waals surface area (Å²) >= 11 is 0. The lowest BCUT2D eigenvalue weighted by Gasteiger charge is -2.05. The zero-order valence-electron chi connectivity index (χ0n) is 11.3. The predicted octanol–water partition coefficient (Wildman–Crippen LogP) is 2.27. The first kappa shape index (κ1) is 15.7. The van der Waals surface area contributed by atoms with Crippen LogP contribution in [0.2, 0.25) is 0 Å². The lowest BCUT2D eigenvalue weighted by Crippen LogP contribution is -2.18. The van der Waals surface area contributed by atoms with Crippen LogP contribution in [0.25, 0.3) is 0 Å². The molecule has 1 amide bonds. The van der Waals surface area contributed by atoms with Gasteiger partial charge in [0.2, 0.25) is 5.91 Å². The van der Waals surface area contributed by atoms with E-state index in [0.29, 0.717) is 13.2 Å². The number of hydrogen-bond acceptors (Lipinski definition) is 3. The summed E-state index contributed by atoms with van der Waals surface area (Å²) in [7, 11) is 0. The fourth-order valence-electron chi connectivity index (χ4n) is 1.70. The lowest BCUT2D eigenvalue weighted by molar-refractivity contribution is -0.122. The SMILES string of the molecule is NC(=O)COCCCCCCOCc1ccccc1. The van der Waals surface area contributed by atoms with Gasteiger partial charge in [0.25, 0.3) is 0 Å². The van der Waals surface area contributed by atoms with Crippen molar-refractivity contribution in [2.75, 3.05) is 19.8 Å². The van der Waals surface area contributed by atoms with Crippen LogP contribution < -0.4 is 5.73 Å². The molecule has 0 aromatic heterocycles. The quantitative estimate of drug-likeness (QED) is 0.624. The first-order valence-corrected chi connectivity index (χ1v) is 6.77. The van der Waals surface area contributed by atoms with E-state index in [1.165, 1.54) is 5.56 Å². The summed E-state index contributed by atoms with van der Waals surface area (Å²) in [5, 5.41) is 0. The van der Waals surface area contributed by atoms with Crippen molar-refractivity contribution in [3.05, 3.63) is 35.9 Å². The molecule has 0 aliphatic rings. The molecule has 0 saturated heterocycles. The van der Waals surface area contributed by atoms with E-state index in [1.807, 2.05) is 18.2 Å². The largest absolute Gasteiger partial charge is 0.377 e. The molecule has 1 aromatic rings. The van der Waals surface area contributed by atoms with Crippen molar-refractivity contribution < 1.29 is 14.3 Å². The van der Waals surface area contributed by atoms with Gasteiger partial charge < -0.3 is 15.2 Å². The number of rotatable bonds is 11. The second-order valence-corrected chi connectivity index (χ2v) is 4.47. The fraction of sp³-hybridized carbons (Fsp3) is 0.533. The van der Waals surface area contributed by atoms with Crippen LogP contribution in [-0.4, -0.2) is 25.7 Å². The average molecular weight is 265 g/mol.